The van der Waals surface area contributed by atoms with Gasteiger partial charge in [0.2, 0.25) is 0 Å². The predicted molar refractivity (Wildman–Crippen MR) is 72.0 cm³/mol. The van der Waals surface area contributed by atoms with Crippen molar-refractivity contribution in [2.75, 3.05) is 5.73 Å². The number of aryl methyl sites for hydroxylation is 1. The molecule has 0 saturated carbocycles. The molecule has 0 aliphatic rings. The summed E-state index contributed by atoms with van der Waals surface area (Å²) in [6.45, 7) is 0. The van der Waals surface area contributed by atoms with Gasteiger partial charge in [-0.1, -0.05) is 0 Å². The van der Waals surface area contributed by atoms with Gasteiger partial charge in [-0.15, -0.1) is 11.3 Å². The Bertz CT molecular complexity index is 685. The van der Waals surface area contributed by atoms with Crippen molar-refractivity contribution in [2.24, 2.45) is 7.05 Å². The number of thiazole rings is 1. The van der Waals surface area contributed by atoms with Gasteiger partial charge < -0.3 is 5.73 Å². The zero-order valence-corrected chi connectivity index (χ0v) is 10.6. The van der Waals surface area contributed by atoms with Crippen LogP contribution in [-0.4, -0.2) is 19.7 Å². The summed E-state index contributed by atoms with van der Waals surface area (Å²) in [6, 6.07) is 3.78. The van der Waals surface area contributed by atoms with E-state index in [-0.39, 0.29) is 0 Å². The highest BCUT2D eigenvalue weighted by Crippen LogP contribution is 2.30. The maximum absolute atomic E-state index is 5.84. The van der Waals surface area contributed by atoms with Crippen molar-refractivity contribution in [1.82, 2.24) is 19.7 Å². The number of hydrogen-bond acceptors (Lipinski definition) is 5. The van der Waals surface area contributed by atoms with E-state index in [4.69, 9.17) is 5.73 Å². The summed E-state index contributed by atoms with van der Waals surface area (Å²) < 4.78 is 1.76. The van der Waals surface area contributed by atoms with Crippen molar-refractivity contribution in [3.8, 4) is 21.8 Å². The Morgan fingerprint density at radius 1 is 1.39 bits per heavy atom. The average Bonchev–Trinajstić information content (AvgIpc) is 2.98. The van der Waals surface area contributed by atoms with Crippen LogP contribution in [0.4, 0.5) is 5.82 Å². The Kier molecular flexibility index (Phi) is 2.56. The molecule has 3 aromatic heterocycles. The third-order valence-corrected chi connectivity index (χ3v) is 3.45. The molecule has 90 valence electrons. The average molecular weight is 257 g/mol. The Balaban J connectivity index is 2.02. The van der Waals surface area contributed by atoms with E-state index in [1.807, 2.05) is 30.8 Å². The van der Waals surface area contributed by atoms with Gasteiger partial charge in [0.05, 0.1) is 17.5 Å². The summed E-state index contributed by atoms with van der Waals surface area (Å²) in [6.07, 6.45) is 5.41. The molecule has 0 bridgehead atoms. The van der Waals surface area contributed by atoms with E-state index < -0.39 is 0 Å². The van der Waals surface area contributed by atoms with Gasteiger partial charge in [-0.25, -0.2) is 9.97 Å². The second-order valence-electron chi connectivity index (χ2n) is 3.88. The van der Waals surface area contributed by atoms with Gasteiger partial charge in [-0.05, 0) is 12.1 Å². The minimum Gasteiger partial charge on any atom is -0.383 e. The monoisotopic (exact) mass is 257 g/mol. The van der Waals surface area contributed by atoms with Crippen molar-refractivity contribution in [1.29, 1.82) is 0 Å². The lowest BCUT2D eigenvalue weighted by atomic mass is 10.2. The summed E-state index contributed by atoms with van der Waals surface area (Å²) in [5.41, 5.74) is 8.63. The van der Waals surface area contributed by atoms with E-state index in [0.29, 0.717) is 5.82 Å². The number of pyridine rings is 1. The van der Waals surface area contributed by atoms with Gasteiger partial charge in [0.15, 0.2) is 0 Å². The zero-order valence-electron chi connectivity index (χ0n) is 9.74. The fourth-order valence-electron chi connectivity index (χ4n) is 1.68. The van der Waals surface area contributed by atoms with Crippen LogP contribution >= 0.6 is 11.3 Å². The molecule has 0 aliphatic heterocycles. The molecule has 0 saturated heterocycles. The highest BCUT2D eigenvalue weighted by atomic mass is 32.1. The molecule has 3 rings (SSSR count). The highest BCUT2D eigenvalue weighted by molar-refractivity contribution is 7.13. The summed E-state index contributed by atoms with van der Waals surface area (Å²) in [5.74, 6) is 0.504. The van der Waals surface area contributed by atoms with Crippen LogP contribution in [0.3, 0.4) is 0 Å². The molecule has 0 atom stereocenters. The fraction of sp³-hybridized carbons (Fsp3) is 0.0833. The Hall–Kier alpha value is -2.21. The Morgan fingerprint density at radius 3 is 3.00 bits per heavy atom. The zero-order chi connectivity index (χ0) is 12.5. The summed E-state index contributed by atoms with van der Waals surface area (Å²) >= 11 is 1.55. The first-order chi connectivity index (χ1) is 8.74. The molecule has 0 radical (unpaired) electrons. The van der Waals surface area contributed by atoms with E-state index >= 15 is 0 Å². The van der Waals surface area contributed by atoms with Crippen LogP contribution in [0.5, 0.6) is 0 Å². The molecule has 3 aromatic rings. The topological polar surface area (TPSA) is 69.6 Å². The van der Waals surface area contributed by atoms with E-state index in [0.717, 1.165) is 21.8 Å². The van der Waals surface area contributed by atoms with Crippen molar-refractivity contribution < 1.29 is 0 Å². The number of anilines is 1. The first kappa shape index (κ1) is 10.9. The second kappa shape index (κ2) is 4.23. The fourth-order valence-corrected chi connectivity index (χ4v) is 2.54. The lowest BCUT2D eigenvalue weighted by Gasteiger charge is -1.98. The van der Waals surface area contributed by atoms with Crippen LogP contribution < -0.4 is 5.73 Å². The summed E-state index contributed by atoms with van der Waals surface area (Å²) in [4.78, 5) is 8.64. The molecule has 2 N–H and O–H groups in total. The SMILES string of the molecule is Cn1cc(-c2csc(-c3cccnc3N)n2)cn1. The van der Waals surface area contributed by atoms with Crippen molar-refractivity contribution in [3.05, 3.63) is 36.1 Å². The van der Waals surface area contributed by atoms with Crippen LogP contribution in [0, 0.1) is 0 Å². The van der Waals surface area contributed by atoms with Crippen molar-refractivity contribution >= 4 is 17.2 Å². The quantitative estimate of drug-likeness (QED) is 0.764. The summed E-state index contributed by atoms with van der Waals surface area (Å²) in [7, 11) is 1.88. The number of nitrogens with two attached hydrogens (primary N) is 1. The van der Waals surface area contributed by atoms with Gasteiger partial charge in [0.1, 0.15) is 10.8 Å². The normalized spacial score (nSPS) is 10.7. The van der Waals surface area contributed by atoms with Gasteiger partial charge >= 0.3 is 0 Å². The van der Waals surface area contributed by atoms with Crippen LogP contribution in [-0.2, 0) is 7.05 Å². The molecule has 0 aliphatic carbocycles. The molecule has 0 spiro atoms. The second-order valence-corrected chi connectivity index (χ2v) is 4.73. The lowest BCUT2D eigenvalue weighted by Crippen LogP contribution is -1.92. The maximum Gasteiger partial charge on any atom is 0.133 e. The molecular formula is C12H11N5S. The third-order valence-electron chi connectivity index (χ3n) is 2.57. The van der Waals surface area contributed by atoms with E-state index in [2.05, 4.69) is 15.1 Å². The smallest absolute Gasteiger partial charge is 0.133 e. The molecule has 0 fully saturated rings. The number of nitrogens with zero attached hydrogens (tertiary/aromatic N) is 4. The van der Waals surface area contributed by atoms with E-state index in [9.17, 15) is 0 Å². The van der Waals surface area contributed by atoms with Crippen LogP contribution in [0.15, 0.2) is 36.1 Å². The van der Waals surface area contributed by atoms with Crippen LogP contribution in [0.2, 0.25) is 0 Å². The third kappa shape index (κ3) is 1.86. The molecular weight excluding hydrogens is 246 g/mol. The van der Waals surface area contributed by atoms with Crippen LogP contribution in [0.25, 0.3) is 21.8 Å². The largest absolute Gasteiger partial charge is 0.383 e. The Morgan fingerprint density at radius 2 is 2.28 bits per heavy atom. The Labute approximate surface area is 108 Å². The standard InChI is InChI=1S/C12H11N5S/c1-17-6-8(5-15-17)10-7-18-12(16-10)9-3-2-4-14-11(9)13/h2-7H,1H3,(H2,13,14). The van der Waals surface area contributed by atoms with E-state index in [1.165, 1.54) is 0 Å². The first-order valence-corrected chi connectivity index (χ1v) is 6.27. The molecule has 0 amide bonds. The molecule has 3 heterocycles. The number of rotatable bonds is 2. The van der Waals surface area contributed by atoms with Crippen molar-refractivity contribution in [3.63, 3.8) is 0 Å². The molecule has 6 heteroatoms. The summed E-state index contributed by atoms with van der Waals surface area (Å²) in [5, 5.41) is 7.01. The molecule has 0 unspecified atom stereocenters. The molecule has 0 aromatic carbocycles. The number of nitrogen functional groups attached to an aromatic ring is 1. The predicted octanol–water partition coefficient (Wildman–Crippen LogP) is 2.19. The minimum atomic E-state index is 0.504. The van der Waals surface area contributed by atoms with Crippen molar-refractivity contribution in [2.45, 2.75) is 0 Å². The maximum atomic E-state index is 5.84. The van der Waals surface area contributed by atoms with Gasteiger partial charge in [-0.2, -0.15) is 5.10 Å². The minimum absolute atomic E-state index is 0.504. The number of hydrogen-bond donors (Lipinski definition) is 1. The number of aromatic nitrogens is 4. The molecule has 5 nitrogen and oxygen atoms in total. The van der Waals surface area contributed by atoms with Crippen LogP contribution in [0.1, 0.15) is 0 Å². The van der Waals surface area contributed by atoms with E-state index in [1.54, 1.807) is 28.4 Å². The molecule has 18 heavy (non-hydrogen) atoms. The van der Waals surface area contributed by atoms with Gasteiger partial charge in [0.25, 0.3) is 0 Å². The van der Waals surface area contributed by atoms with Gasteiger partial charge in [-0.3, -0.25) is 4.68 Å². The van der Waals surface area contributed by atoms with Gasteiger partial charge in [0, 0.05) is 30.4 Å². The first-order valence-electron chi connectivity index (χ1n) is 5.39. The lowest BCUT2D eigenvalue weighted by molar-refractivity contribution is 0.768. The highest BCUT2D eigenvalue weighted by Gasteiger charge is 2.10.